The van der Waals surface area contributed by atoms with E-state index in [2.05, 4.69) is 28.9 Å². The quantitative estimate of drug-likeness (QED) is 0.518. The Bertz CT molecular complexity index is 1490. The largest absolute Gasteiger partial charge is 0.461 e. The first-order valence-corrected chi connectivity index (χ1v) is 16.0. The van der Waals surface area contributed by atoms with Crippen molar-refractivity contribution in [3.8, 4) is 12.1 Å². The third kappa shape index (κ3) is 4.12. The minimum Gasteiger partial charge on any atom is -0.461 e. The van der Waals surface area contributed by atoms with Gasteiger partial charge >= 0.3 is 6.01 Å². The van der Waals surface area contributed by atoms with Crippen LogP contribution in [-0.4, -0.2) is 78.6 Å². The molecule has 1 aromatic heterocycles. The first kappa shape index (κ1) is 27.6. The lowest BCUT2D eigenvalue weighted by Crippen LogP contribution is -2.61. The van der Waals surface area contributed by atoms with Crippen LogP contribution >= 0.6 is 0 Å². The maximum atomic E-state index is 10.2. The van der Waals surface area contributed by atoms with Gasteiger partial charge in [0.2, 0.25) is 0 Å². The summed E-state index contributed by atoms with van der Waals surface area (Å²) >= 11 is 0. The molecule has 43 heavy (non-hydrogen) atoms. The molecule has 0 saturated carbocycles. The van der Waals surface area contributed by atoms with E-state index in [9.17, 15) is 5.26 Å². The SMILES string of the molecule is COC1CN2CCCC2(COc2nc3c(c(N4CCC45CCOC5)n2)COC2(CCC(C)c4ccc(N)c(C#N)c42)C3)C1. The molecule has 5 aliphatic heterocycles. The molecule has 4 fully saturated rings. The summed E-state index contributed by atoms with van der Waals surface area (Å²) in [6.07, 6.45) is 7.93. The molecule has 1 aromatic carbocycles. The fourth-order valence-electron chi connectivity index (χ4n) is 9.02. The van der Waals surface area contributed by atoms with E-state index in [1.165, 1.54) is 6.42 Å². The number of anilines is 2. The van der Waals surface area contributed by atoms with Gasteiger partial charge in [-0.2, -0.15) is 15.2 Å². The van der Waals surface area contributed by atoms with Gasteiger partial charge in [0.15, 0.2) is 0 Å². The molecule has 0 radical (unpaired) electrons. The van der Waals surface area contributed by atoms with Crippen LogP contribution in [0.5, 0.6) is 6.01 Å². The number of aromatic nitrogens is 2. The highest BCUT2D eigenvalue weighted by molar-refractivity contribution is 5.64. The summed E-state index contributed by atoms with van der Waals surface area (Å²) in [4.78, 5) is 15.2. The molecular weight excluding hydrogens is 544 g/mol. The lowest BCUT2D eigenvalue weighted by molar-refractivity contribution is -0.0874. The standard InChI is InChI=1S/C33H42N6O4/c1-21-6-8-33(28-23(21)4-5-26(35)24(28)16-34)15-27-25(18-43-33)29(39-12-9-31(39)10-13-41-19-31)37-30(36-27)42-20-32-7-3-11-38(32)17-22(14-32)40-2/h4-5,21-22H,3,6-15,17-20,35H2,1-2H3. The molecule has 8 rings (SSSR count). The summed E-state index contributed by atoms with van der Waals surface area (Å²) in [5.74, 6) is 1.25. The molecule has 2 N–H and O–H groups in total. The second-order valence-electron chi connectivity index (χ2n) is 13.8. The normalized spacial score (nSPS) is 34.6. The molecule has 6 heterocycles. The van der Waals surface area contributed by atoms with Crippen molar-refractivity contribution in [2.75, 3.05) is 57.2 Å². The van der Waals surface area contributed by atoms with Gasteiger partial charge in [0.05, 0.1) is 41.7 Å². The molecule has 5 unspecified atom stereocenters. The van der Waals surface area contributed by atoms with Gasteiger partial charge in [0, 0.05) is 50.0 Å². The van der Waals surface area contributed by atoms with Crippen molar-refractivity contribution in [2.45, 2.75) is 93.6 Å². The molecule has 228 valence electrons. The van der Waals surface area contributed by atoms with Crippen LogP contribution in [0.4, 0.5) is 11.5 Å². The zero-order chi connectivity index (χ0) is 29.4. The maximum Gasteiger partial charge on any atom is 0.318 e. The number of nitrogens with two attached hydrogens (primary N) is 1. The minimum atomic E-state index is -0.653. The van der Waals surface area contributed by atoms with Gasteiger partial charge in [-0.3, -0.25) is 4.90 Å². The van der Waals surface area contributed by atoms with Crippen LogP contribution < -0.4 is 15.4 Å². The molecule has 0 amide bonds. The Labute approximate surface area is 253 Å². The highest BCUT2D eigenvalue weighted by Crippen LogP contribution is 2.52. The molecule has 4 saturated heterocycles. The van der Waals surface area contributed by atoms with Crippen LogP contribution in [0.2, 0.25) is 0 Å². The van der Waals surface area contributed by atoms with Gasteiger partial charge in [-0.25, -0.2) is 0 Å². The molecule has 1 aliphatic carbocycles. The molecular formula is C33H42N6O4. The van der Waals surface area contributed by atoms with E-state index in [-0.39, 0.29) is 17.2 Å². The van der Waals surface area contributed by atoms with Gasteiger partial charge in [-0.15, -0.1) is 0 Å². The number of fused-ring (bicyclic) bond motifs is 4. The minimum absolute atomic E-state index is 0.0120. The second kappa shape index (κ2) is 10.0. The highest BCUT2D eigenvalue weighted by Gasteiger charge is 2.52. The summed E-state index contributed by atoms with van der Waals surface area (Å²) in [6.45, 7) is 7.63. The van der Waals surface area contributed by atoms with E-state index < -0.39 is 5.60 Å². The monoisotopic (exact) mass is 586 g/mol. The maximum absolute atomic E-state index is 10.2. The van der Waals surface area contributed by atoms with Crippen molar-refractivity contribution in [3.63, 3.8) is 0 Å². The Morgan fingerprint density at radius 2 is 2.09 bits per heavy atom. The van der Waals surface area contributed by atoms with Crippen molar-refractivity contribution in [1.29, 1.82) is 5.26 Å². The Morgan fingerprint density at radius 1 is 1.19 bits per heavy atom. The number of nitrogens with zero attached hydrogens (tertiary/aromatic N) is 5. The molecule has 5 atom stereocenters. The van der Waals surface area contributed by atoms with E-state index in [0.717, 1.165) is 99.6 Å². The van der Waals surface area contributed by atoms with Gasteiger partial charge in [-0.1, -0.05) is 13.0 Å². The van der Waals surface area contributed by atoms with Crippen molar-refractivity contribution in [2.24, 2.45) is 0 Å². The van der Waals surface area contributed by atoms with E-state index in [1.807, 2.05) is 13.2 Å². The van der Waals surface area contributed by atoms with Crippen molar-refractivity contribution in [3.05, 3.63) is 40.1 Å². The lowest BCUT2D eigenvalue weighted by atomic mass is 9.69. The zero-order valence-electron chi connectivity index (χ0n) is 25.4. The van der Waals surface area contributed by atoms with Crippen LogP contribution in [0, 0.1) is 11.3 Å². The Balaban J connectivity index is 1.18. The topological polar surface area (TPSA) is 119 Å². The average Bonchev–Trinajstić information content (AvgIpc) is 3.73. The highest BCUT2D eigenvalue weighted by atomic mass is 16.5. The summed E-state index contributed by atoms with van der Waals surface area (Å²) in [7, 11) is 1.81. The van der Waals surface area contributed by atoms with Gasteiger partial charge < -0.3 is 29.6 Å². The van der Waals surface area contributed by atoms with E-state index >= 15 is 0 Å². The number of hydrogen-bond acceptors (Lipinski definition) is 10. The van der Waals surface area contributed by atoms with Crippen LogP contribution in [0.1, 0.15) is 85.7 Å². The molecule has 2 aromatic rings. The van der Waals surface area contributed by atoms with Gasteiger partial charge in [0.1, 0.15) is 24.1 Å². The molecule has 10 nitrogen and oxygen atoms in total. The summed E-state index contributed by atoms with van der Waals surface area (Å²) in [5, 5.41) is 10.2. The van der Waals surface area contributed by atoms with E-state index in [1.54, 1.807) is 0 Å². The number of hydrogen-bond donors (Lipinski definition) is 1. The first-order chi connectivity index (χ1) is 20.9. The molecule has 10 heteroatoms. The lowest BCUT2D eigenvalue weighted by Gasteiger charge is -2.52. The predicted molar refractivity (Wildman–Crippen MR) is 160 cm³/mol. The number of ether oxygens (including phenoxy) is 4. The first-order valence-electron chi connectivity index (χ1n) is 16.0. The second-order valence-corrected chi connectivity index (χ2v) is 13.8. The zero-order valence-corrected chi connectivity index (χ0v) is 25.4. The molecule has 6 aliphatic rings. The number of benzene rings is 1. The van der Waals surface area contributed by atoms with Crippen LogP contribution in [0.3, 0.4) is 0 Å². The number of nitrogen functional groups attached to an aromatic ring is 1. The van der Waals surface area contributed by atoms with Crippen molar-refractivity contribution >= 4 is 11.5 Å². The van der Waals surface area contributed by atoms with Crippen molar-refractivity contribution < 1.29 is 18.9 Å². The average molecular weight is 587 g/mol. The summed E-state index contributed by atoms with van der Waals surface area (Å²) < 4.78 is 25.1. The van der Waals surface area contributed by atoms with Crippen LogP contribution in [0.25, 0.3) is 0 Å². The fourth-order valence-corrected chi connectivity index (χ4v) is 9.02. The number of rotatable bonds is 5. The van der Waals surface area contributed by atoms with Crippen LogP contribution in [0.15, 0.2) is 12.1 Å². The van der Waals surface area contributed by atoms with Gasteiger partial charge in [-0.05, 0) is 69.0 Å². The van der Waals surface area contributed by atoms with Crippen molar-refractivity contribution in [1.82, 2.24) is 14.9 Å². The summed E-state index contributed by atoms with van der Waals surface area (Å²) in [5.41, 5.74) is 10.8. The Hall–Kier alpha value is -2.97. The third-order valence-corrected chi connectivity index (χ3v) is 11.6. The van der Waals surface area contributed by atoms with E-state index in [4.69, 9.17) is 34.6 Å². The summed E-state index contributed by atoms with van der Waals surface area (Å²) in [6, 6.07) is 6.80. The smallest absolute Gasteiger partial charge is 0.318 e. The molecule has 2 spiro atoms. The third-order valence-electron chi connectivity index (χ3n) is 11.6. The van der Waals surface area contributed by atoms with E-state index in [0.29, 0.717) is 42.8 Å². The number of nitriles is 1. The molecule has 0 bridgehead atoms. The Kier molecular flexibility index (Phi) is 6.43. The predicted octanol–water partition coefficient (Wildman–Crippen LogP) is 3.80. The Morgan fingerprint density at radius 3 is 2.86 bits per heavy atom. The number of methoxy groups -OCH3 is 1. The van der Waals surface area contributed by atoms with Gasteiger partial charge in [0.25, 0.3) is 0 Å². The fraction of sp³-hybridized carbons (Fsp3) is 0.667. The van der Waals surface area contributed by atoms with Crippen LogP contribution in [-0.2, 0) is 32.8 Å².